The molecule has 2 rings (SSSR count). The van der Waals surface area contributed by atoms with Crippen molar-refractivity contribution in [2.24, 2.45) is 0 Å². The zero-order chi connectivity index (χ0) is 15.2. The minimum Gasteiger partial charge on any atom is -0.162 e. The first kappa shape index (κ1) is 17.8. The summed E-state index contributed by atoms with van der Waals surface area (Å²) in [4.78, 5) is 0. The van der Waals surface area contributed by atoms with Gasteiger partial charge in [-0.15, -0.1) is 22.2 Å². The van der Waals surface area contributed by atoms with Crippen molar-refractivity contribution >= 4 is 57.7 Å². The van der Waals surface area contributed by atoms with Crippen LogP contribution in [0.2, 0.25) is 19.6 Å². The molecule has 0 fully saturated rings. The normalized spacial score (nSPS) is 11.5. The summed E-state index contributed by atoms with van der Waals surface area (Å²) in [7, 11) is -1.56. The maximum atomic E-state index is 6.20. The molecule has 0 nitrogen and oxygen atoms in total. The Hall–Kier alpha value is -0.256. The van der Waals surface area contributed by atoms with Crippen molar-refractivity contribution in [2.75, 3.05) is 0 Å². The molecule has 5 heteroatoms. The molecule has 0 saturated heterocycles. The van der Waals surface area contributed by atoms with Crippen LogP contribution in [0.5, 0.6) is 0 Å². The summed E-state index contributed by atoms with van der Waals surface area (Å²) in [6, 6.07) is 20.1. The van der Waals surface area contributed by atoms with Crippen molar-refractivity contribution in [1.82, 2.24) is 0 Å². The van der Waals surface area contributed by atoms with Crippen molar-refractivity contribution in [1.29, 1.82) is 0 Å². The fraction of sp³-hybridized carbons (Fsp3) is 0.200. The van der Waals surface area contributed by atoms with Gasteiger partial charge in [0.1, 0.15) is 0 Å². The van der Waals surface area contributed by atoms with Gasteiger partial charge < -0.3 is 0 Å². The van der Waals surface area contributed by atoms with Crippen LogP contribution in [0.25, 0.3) is 0 Å². The van der Waals surface area contributed by atoms with Crippen molar-refractivity contribution in [3.8, 4) is 0 Å². The summed E-state index contributed by atoms with van der Waals surface area (Å²) in [5.41, 5.74) is 0. The molecule has 0 radical (unpaired) electrons. The third-order valence-corrected chi connectivity index (χ3v) is 7.76. The van der Waals surface area contributed by atoms with E-state index in [0.717, 1.165) is 5.19 Å². The van der Waals surface area contributed by atoms with Gasteiger partial charge in [-0.25, -0.2) is 0 Å². The highest BCUT2D eigenvalue weighted by molar-refractivity contribution is 7.50. The number of hydrogen-bond donors (Lipinski definition) is 0. The van der Waals surface area contributed by atoms with E-state index in [2.05, 4.69) is 25.2 Å². The Morgan fingerprint density at radius 1 is 0.600 bits per heavy atom. The molecule has 0 saturated carbocycles. The number of hydrogen-bond acceptors (Lipinski definition) is 0. The number of rotatable bonds is 2. The minimum absolute atomic E-state index is 1.07. The first-order valence-electron chi connectivity index (χ1n) is 6.39. The molecule has 0 aliphatic carbocycles. The van der Waals surface area contributed by atoms with Crippen molar-refractivity contribution in [2.45, 2.75) is 19.6 Å². The van der Waals surface area contributed by atoms with E-state index >= 15 is 0 Å². The average Bonchev–Trinajstić information content (AvgIpc) is 2.40. The maximum absolute atomic E-state index is 6.20. The van der Waals surface area contributed by atoms with Crippen LogP contribution in [0.15, 0.2) is 60.7 Å². The average molecular weight is 362 g/mol. The molecule has 0 atom stereocenters. The Balaban J connectivity index is 0.000000200. The molecule has 0 aromatic heterocycles. The Labute approximate surface area is 137 Å². The monoisotopic (exact) mass is 360 g/mol. The van der Waals surface area contributed by atoms with Gasteiger partial charge in [-0.3, -0.25) is 0 Å². The van der Waals surface area contributed by atoms with E-state index in [1.165, 1.54) is 5.19 Å². The molecule has 20 heavy (non-hydrogen) atoms. The van der Waals surface area contributed by atoms with Crippen LogP contribution in [0.3, 0.4) is 0 Å². The predicted molar refractivity (Wildman–Crippen MR) is 98.8 cm³/mol. The van der Waals surface area contributed by atoms with Gasteiger partial charge in [0.2, 0.25) is 0 Å². The smallest absolute Gasteiger partial charge is 0.162 e. The standard InChI is InChI=1S/C8H11ClSi.C7H8Cl2Si/c1-10(2,9)8-6-4-3-5-7-8;1-10(8,9)7-5-3-2-4-6-7/h3-7H,1-2H3;2-6H,1H3. The Kier molecular flexibility index (Phi) is 6.82. The molecule has 2 aromatic rings. The molecule has 0 N–H and O–H groups in total. The zero-order valence-electron chi connectivity index (χ0n) is 11.9. The van der Waals surface area contributed by atoms with Crippen molar-refractivity contribution in [3.05, 3.63) is 60.7 Å². The van der Waals surface area contributed by atoms with Gasteiger partial charge >= 0.3 is 0 Å². The van der Waals surface area contributed by atoms with E-state index in [4.69, 9.17) is 33.2 Å². The first-order chi connectivity index (χ1) is 9.21. The highest BCUT2D eigenvalue weighted by atomic mass is 35.7. The molecular weight excluding hydrogens is 343 g/mol. The SMILES string of the molecule is C[Si](C)(Cl)c1ccccc1.C[Si](Cl)(Cl)c1ccccc1. The molecule has 0 spiro atoms. The van der Waals surface area contributed by atoms with E-state index in [-0.39, 0.29) is 0 Å². The van der Waals surface area contributed by atoms with Crippen LogP contribution in [-0.2, 0) is 0 Å². The lowest BCUT2D eigenvalue weighted by Gasteiger charge is -2.11. The van der Waals surface area contributed by atoms with E-state index in [1.807, 2.05) is 55.1 Å². The van der Waals surface area contributed by atoms with Gasteiger partial charge in [0, 0.05) is 0 Å². The van der Waals surface area contributed by atoms with Crippen LogP contribution in [-0.4, -0.2) is 14.1 Å². The first-order valence-corrected chi connectivity index (χ1v) is 14.9. The number of benzene rings is 2. The van der Waals surface area contributed by atoms with Gasteiger partial charge in [-0.05, 0) is 16.9 Å². The highest BCUT2D eigenvalue weighted by Gasteiger charge is 2.22. The lowest BCUT2D eigenvalue weighted by Crippen LogP contribution is -2.34. The Morgan fingerprint density at radius 2 is 0.950 bits per heavy atom. The van der Waals surface area contributed by atoms with E-state index < -0.39 is 14.1 Å². The third kappa shape index (κ3) is 6.46. The summed E-state index contributed by atoms with van der Waals surface area (Å²) in [6.07, 6.45) is 0. The van der Waals surface area contributed by atoms with Crippen LogP contribution in [0.1, 0.15) is 0 Å². The molecule has 0 bridgehead atoms. The fourth-order valence-electron chi connectivity index (χ4n) is 1.57. The molecule has 2 aromatic carbocycles. The fourth-order valence-corrected chi connectivity index (χ4v) is 4.46. The van der Waals surface area contributed by atoms with Crippen LogP contribution in [0, 0.1) is 0 Å². The van der Waals surface area contributed by atoms with Crippen LogP contribution in [0.4, 0.5) is 0 Å². The Morgan fingerprint density at radius 3 is 1.15 bits per heavy atom. The number of halogens is 3. The summed E-state index contributed by atoms with van der Waals surface area (Å²) in [6.45, 7) is 4.06. The quantitative estimate of drug-likeness (QED) is 0.533. The van der Waals surface area contributed by atoms with Gasteiger partial charge in [0.25, 0.3) is 6.69 Å². The van der Waals surface area contributed by atoms with Crippen molar-refractivity contribution in [3.63, 3.8) is 0 Å². The van der Waals surface area contributed by atoms with Gasteiger partial charge in [-0.2, -0.15) is 11.1 Å². The second kappa shape index (κ2) is 7.67. The van der Waals surface area contributed by atoms with Crippen LogP contribution < -0.4 is 10.4 Å². The minimum atomic E-state index is -2.09. The van der Waals surface area contributed by atoms with E-state index in [1.54, 1.807) is 0 Å². The second-order valence-corrected chi connectivity index (χ2v) is 18.9. The molecule has 0 heterocycles. The van der Waals surface area contributed by atoms with Gasteiger partial charge in [-0.1, -0.05) is 73.8 Å². The molecule has 0 unspecified atom stereocenters. The summed E-state index contributed by atoms with van der Waals surface area (Å²) < 4.78 is 0. The van der Waals surface area contributed by atoms with E-state index in [0.29, 0.717) is 0 Å². The maximum Gasteiger partial charge on any atom is 0.277 e. The van der Waals surface area contributed by atoms with Crippen LogP contribution >= 0.6 is 33.2 Å². The van der Waals surface area contributed by atoms with Crippen molar-refractivity contribution < 1.29 is 0 Å². The summed E-state index contributed by atoms with van der Waals surface area (Å²) in [5.74, 6) is 0. The predicted octanol–water partition coefficient (Wildman–Crippen LogP) is 4.78. The Bertz CT molecular complexity index is 453. The highest BCUT2D eigenvalue weighted by Crippen LogP contribution is 2.12. The molecule has 0 amide bonds. The summed E-state index contributed by atoms with van der Waals surface area (Å²) in [5, 5.41) is 2.37. The molecule has 108 valence electrons. The zero-order valence-corrected chi connectivity index (χ0v) is 16.2. The lowest BCUT2D eigenvalue weighted by atomic mass is 10.4. The van der Waals surface area contributed by atoms with Gasteiger partial charge in [0.15, 0.2) is 7.38 Å². The third-order valence-electron chi connectivity index (χ3n) is 2.74. The molecule has 0 aliphatic heterocycles. The van der Waals surface area contributed by atoms with Gasteiger partial charge in [0.05, 0.1) is 0 Å². The molecule has 0 aliphatic rings. The topological polar surface area (TPSA) is 0 Å². The molecular formula is C15H19Cl3Si2. The largest absolute Gasteiger partial charge is 0.277 e. The summed E-state index contributed by atoms with van der Waals surface area (Å²) >= 11 is 18.1. The lowest BCUT2D eigenvalue weighted by molar-refractivity contribution is 1.73. The second-order valence-electron chi connectivity index (χ2n) is 5.09. The van der Waals surface area contributed by atoms with E-state index in [9.17, 15) is 0 Å².